The van der Waals surface area contributed by atoms with Crippen LogP contribution >= 0.6 is 0 Å². The van der Waals surface area contributed by atoms with Crippen molar-refractivity contribution in [2.45, 2.75) is 39.3 Å². The first-order valence-electron chi connectivity index (χ1n) is 7.38. The second kappa shape index (κ2) is 6.26. The summed E-state index contributed by atoms with van der Waals surface area (Å²) in [5, 5.41) is 3.09. The van der Waals surface area contributed by atoms with Gasteiger partial charge in [-0.15, -0.1) is 0 Å². The third-order valence-corrected chi connectivity index (χ3v) is 3.68. The van der Waals surface area contributed by atoms with E-state index in [-0.39, 0.29) is 18.0 Å². The predicted molar refractivity (Wildman–Crippen MR) is 84.7 cm³/mol. The zero-order valence-corrected chi connectivity index (χ0v) is 13.1. The Morgan fingerprint density at radius 1 is 1.48 bits per heavy atom. The molecule has 0 bridgehead atoms. The smallest absolute Gasteiger partial charge is 0.249 e. The molecule has 1 aliphatic heterocycles. The van der Waals surface area contributed by atoms with Crippen molar-refractivity contribution < 1.29 is 4.79 Å². The minimum Gasteiger partial charge on any atom is -0.353 e. The van der Waals surface area contributed by atoms with Gasteiger partial charge in [0.05, 0.1) is 6.20 Å². The van der Waals surface area contributed by atoms with E-state index in [9.17, 15) is 4.79 Å². The van der Waals surface area contributed by atoms with Gasteiger partial charge in [0.2, 0.25) is 11.9 Å². The Balaban J connectivity index is 2.47. The third kappa shape index (κ3) is 2.78. The van der Waals surface area contributed by atoms with Gasteiger partial charge in [0, 0.05) is 26.2 Å². The molecule has 0 fully saturated rings. The molecule has 0 aromatic carbocycles. The molecule has 1 aromatic heterocycles. The number of amides is 1. The van der Waals surface area contributed by atoms with Crippen molar-refractivity contribution in [1.82, 2.24) is 9.97 Å². The Labute approximate surface area is 125 Å². The summed E-state index contributed by atoms with van der Waals surface area (Å²) in [4.78, 5) is 25.1. The fraction of sp³-hybridized carbons (Fsp3) is 0.643. The lowest BCUT2D eigenvalue weighted by Gasteiger charge is -2.42. The fourth-order valence-electron chi connectivity index (χ4n) is 2.65. The van der Waals surface area contributed by atoms with Crippen LogP contribution in [0.1, 0.15) is 27.2 Å². The van der Waals surface area contributed by atoms with Crippen molar-refractivity contribution >= 4 is 23.4 Å². The van der Waals surface area contributed by atoms with Gasteiger partial charge in [-0.25, -0.2) is 4.98 Å². The Morgan fingerprint density at radius 3 is 2.76 bits per heavy atom. The van der Waals surface area contributed by atoms with Gasteiger partial charge >= 0.3 is 0 Å². The van der Waals surface area contributed by atoms with E-state index in [0.717, 1.165) is 17.9 Å². The van der Waals surface area contributed by atoms with Crippen molar-refractivity contribution in [2.75, 3.05) is 35.3 Å². The maximum Gasteiger partial charge on any atom is 0.249 e. The minimum absolute atomic E-state index is 0.0879. The Hall–Kier alpha value is -1.89. The van der Waals surface area contributed by atoms with Crippen molar-refractivity contribution in [3.63, 3.8) is 0 Å². The lowest BCUT2D eigenvalue weighted by Crippen LogP contribution is -2.55. The van der Waals surface area contributed by atoms with Crippen molar-refractivity contribution in [2.24, 2.45) is 5.73 Å². The number of aromatic nitrogens is 2. The molecule has 1 amide bonds. The molecular formula is C14H24N6O. The van der Waals surface area contributed by atoms with Crippen LogP contribution in [0.4, 0.5) is 17.5 Å². The zero-order chi connectivity index (χ0) is 15.6. The van der Waals surface area contributed by atoms with Crippen LogP contribution in [0.5, 0.6) is 0 Å². The predicted octanol–water partition coefficient (Wildman–Crippen LogP) is 0.817. The molecular weight excluding hydrogens is 268 g/mol. The number of carbonyl (C=O) groups is 1. The molecule has 116 valence electrons. The molecule has 1 aromatic rings. The summed E-state index contributed by atoms with van der Waals surface area (Å²) >= 11 is 0. The van der Waals surface area contributed by atoms with Crippen LogP contribution in [0, 0.1) is 0 Å². The molecule has 2 heterocycles. The molecule has 1 aliphatic rings. The molecule has 21 heavy (non-hydrogen) atoms. The molecule has 0 spiro atoms. The highest BCUT2D eigenvalue weighted by Gasteiger charge is 2.38. The first-order chi connectivity index (χ1) is 10.0. The second-order valence-electron chi connectivity index (χ2n) is 5.44. The summed E-state index contributed by atoms with van der Waals surface area (Å²) in [6.45, 7) is 7.29. The normalized spacial score (nSPS) is 18.2. The molecule has 3 N–H and O–H groups in total. The van der Waals surface area contributed by atoms with Crippen LogP contribution in [0.3, 0.4) is 0 Å². The molecule has 1 unspecified atom stereocenters. The van der Waals surface area contributed by atoms with Gasteiger partial charge in [0.1, 0.15) is 11.7 Å². The van der Waals surface area contributed by atoms with Gasteiger partial charge in [0.25, 0.3) is 0 Å². The van der Waals surface area contributed by atoms with Crippen LogP contribution in [-0.2, 0) is 4.79 Å². The van der Waals surface area contributed by atoms with Crippen molar-refractivity contribution in [3.8, 4) is 0 Å². The van der Waals surface area contributed by atoms with Crippen LogP contribution in [-0.4, -0.2) is 48.1 Å². The standard InChI is InChI=1S/C14H24N6O/c1-5-10-13(21)19(4)11-8-17-14(16-7-6-15)18-12(11)20(10)9(2)3/h8-10H,5-7,15H2,1-4H3,(H,16,17,18). The highest BCUT2D eigenvalue weighted by atomic mass is 16.2. The molecule has 0 saturated carbocycles. The highest BCUT2D eigenvalue weighted by molar-refractivity contribution is 6.04. The van der Waals surface area contributed by atoms with E-state index in [1.54, 1.807) is 18.1 Å². The fourth-order valence-corrected chi connectivity index (χ4v) is 2.65. The minimum atomic E-state index is -0.181. The highest BCUT2D eigenvalue weighted by Crippen LogP contribution is 2.35. The molecule has 0 saturated heterocycles. The van der Waals surface area contributed by atoms with Gasteiger partial charge in [0.15, 0.2) is 5.82 Å². The maximum absolute atomic E-state index is 12.5. The van der Waals surface area contributed by atoms with Crippen LogP contribution in [0.2, 0.25) is 0 Å². The number of fused-ring (bicyclic) bond motifs is 1. The van der Waals surface area contributed by atoms with E-state index in [4.69, 9.17) is 5.73 Å². The number of nitrogens with one attached hydrogen (secondary N) is 1. The number of anilines is 3. The summed E-state index contributed by atoms with van der Waals surface area (Å²) in [5.41, 5.74) is 6.24. The Bertz CT molecular complexity index is 518. The number of nitrogens with zero attached hydrogens (tertiary/aromatic N) is 4. The molecule has 0 aliphatic carbocycles. The van der Waals surface area contributed by atoms with Crippen LogP contribution in [0.25, 0.3) is 0 Å². The summed E-state index contributed by atoms with van der Waals surface area (Å²) < 4.78 is 0. The number of carbonyl (C=O) groups excluding carboxylic acids is 1. The maximum atomic E-state index is 12.5. The van der Waals surface area contributed by atoms with Crippen molar-refractivity contribution in [1.29, 1.82) is 0 Å². The summed E-state index contributed by atoms with van der Waals surface area (Å²) in [6, 6.07) is 0.00312. The van der Waals surface area contributed by atoms with E-state index in [1.807, 2.05) is 6.92 Å². The van der Waals surface area contributed by atoms with E-state index >= 15 is 0 Å². The monoisotopic (exact) mass is 292 g/mol. The molecule has 7 nitrogen and oxygen atoms in total. The summed E-state index contributed by atoms with van der Waals surface area (Å²) in [5.74, 6) is 1.43. The molecule has 7 heteroatoms. The van der Waals surface area contributed by atoms with E-state index in [0.29, 0.717) is 19.0 Å². The van der Waals surface area contributed by atoms with Gasteiger partial charge in [-0.1, -0.05) is 6.92 Å². The average Bonchev–Trinajstić information content (AvgIpc) is 2.47. The van der Waals surface area contributed by atoms with E-state index < -0.39 is 0 Å². The molecule has 0 radical (unpaired) electrons. The number of likely N-dealkylation sites (N-methyl/N-ethyl adjacent to an activating group) is 1. The van der Waals surface area contributed by atoms with E-state index in [2.05, 4.69) is 34.0 Å². The lowest BCUT2D eigenvalue weighted by atomic mass is 10.1. The zero-order valence-electron chi connectivity index (χ0n) is 13.1. The first-order valence-corrected chi connectivity index (χ1v) is 7.38. The third-order valence-electron chi connectivity index (χ3n) is 3.68. The Kier molecular flexibility index (Phi) is 4.62. The SMILES string of the molecule is CCC1C(=O)N(C)c2cnc(NCCN)nc2N1C(C)C. The summed E-state index contributed by atoms with van der Waals surface area (Å²) in [6.07, 6.45) is 2.44. The van der Waals surface area contributed by atoms with Crippen LogP contribution in [0.15, 0.2) is 6.20 Å². The van der Waals surface area contributed by atoms with E-state index in [1.165, 1.54) is 0 Å². The largest absolute Gasteiger partial charge is 0.353 e. The number of rotatable bonds is 5. The van der Waals surface area contributed by atoms with Crippen molar-refractivity contribution in [3.05, 3.63) is 6.20 Å². The average molecular weight is 292 g/mol. The topological polar surface area (TPSA) is 87.4 Å². The van der Waals surface area contributed by atoms with Gasteiger partial charge in [-0.3, -0.25) is 4.79 Å². The number of hydrogen-bond donors (Lipinski definition) is 2. The first kappa shape index (κ1) is 15.5. The molecule has 1 atom stereocenters. The Morgan fingerprint density at radius 2 is 2.19 bits per heavy atom. The lowest BCUT2D eigenvalue weighted by molar-refractivity contribution is -0.120. The molecule has 2 rings (SSSR count). The summed E-state index contributed by atoms with van der Waals surface area (Å²) in [7, 11) is 1.78. The van der Waals surface area contributed by atoms with Gasteiger partial charge in [-0.2, -0.15) is 4.98 Å². The van der Waals surface area contributed by atoms with Gasteiger partial charge in [-0.05, 0) is 20.3 Å². The van der Waals surface area contributed by atoms with Gasteiger partial charge < -0.3 is 20.9 Å². The van der Waals surface area contributed by atoms with Crippen LogP contribution < -0.4 is 20.9 Å². The number of hydrogen-bond acceptors (Lipinski definition) is 6. The number of nitrogens with two attached hydrogens (primary N) is 1. The second-order valence-corrected chi connectivity index (χ2v) is 5.44. The quantitative estimate of drug-likeness (QED) is 0.835.